The number of unbranched alkanes of at least 4 members (excludes halogenated alkanes) is 1. The van der Waals surface area contributed by atoms with Crippen LogP contribution in [0.25, 0.3) is 0 Å². The summed E-state index contributed by atoms with van der Waals surface area (Å²) in [5.74, 6) is 0.822. The lowest BCUT2D eigenvalue weighted by molar-refractivity contribution is -0.121. The minimum Gasteiger partial charge on any atom is -0.356 e. The second-order valence-corrected chi connectivity index (χ2v) is 5.89. The van der Waals surface area contributed by atoms with Crippen molar-refractivity contribution in [1.29, 1.82) is 0 Å². The number of amides is 1. The van der Waals surface area contributed by atoms with Crippen LogP contribution in [0.4, 0.5) is 0 Å². The van der Waals surface area contributed by atoms with Crippen molar-refractivity contribution in [2.24, 2.45) is 5.92 Å². The van der Waals surface area contributed by atoms with Gasteiger partial charge in [-0.2, -0.15) is 0 Å². The van der Waals surface area contributed by atoms with E-state index in [-0.39, 0.29) is 5.91 Å². The van der Waals surface area contributed by atoms with Gasteiger partial charge >= 0.3 is 0 Å². The molecule has 1 amide bonds. The summed E-state index contributed by atoms with van der Waals surface area (Å²) in [5, 5.41) is 3.10. The van der Waals surface area contributed by atoms with Crippen molar-refractivity contribution in [2.75, 3.05) is 6.54 Å². The van der Waals surface area contributed by atoms with E-state index in [1.54, 1.807) is 0 Å². The largest absolute Gasteiger partial charge is 0.356 e. The summed E-state index contributed by atoms with van der Waals surface area (Å²) in [4.78, 5) is 11.9. The Kier molecular flexibility index (Phi) is 8.80. The Morgan fingerprint density at radius 3 is 2.33 bits per heavy atom. The van der Waals surface area contributed by atoms with Crippen LogP contribution in [0.3, 0.4) is 0 Å². The van der Waals surface area contributed by atoms with E-state index in [2.05, 4.69) is 50.4 Å². The summed E-state index contributed by atoms with van der Waals surface area (Å²) in [6.07, 6.45) is 7.37. The summed E-state index contributed by atoms with van der Waals surface area (Å²) in [5.41, 5.74) is 2.60. The third kappa shape index (κ3) is 7.31. The van der Waals surface area contributed by atoms with Gasteiger partial charge < -0.3 is 5.32 Å². The van der Waals surface area contributed by atoms with Gasteiger partial charge in [-0.15, -0.1) is 0 Å². The highest BCUT2D eigenvalue weighted by Crippen LogP contribution is 2.11. The highest BCUT2D eigenvalue weighted by atomic mass is 16.1. The van der Waals surface area contributed by atoms with Crippen LogP contribution in [0.1, 0.15) is 64.0 Å². The van der Waals surface area contributed by atoms with E-state index in [0.717, 1.165) is 25.8 Å². The molecule has 0 fully saturated rings. The van der Waals surface area contributed by atoms with E-state index < -0.39 is 0 Å². The van der Waals surface area contributed by atoms with Crippen molar-refractivity contribution in [1.82, 2.24) is 5.32 Å². The molecular formula is C19H31NO. The first-order valence-electron chi connectivity index (χ1n) is 8.54. The molecule has 0 bridgehead atoms. The molecule has 1 unspecified atom stereocenters. The van der Waals surface area contributed by atoms with Crippen LogP contribution in [-0.2, 0) is 17.6 Å². The number of aryl methyl sites for hydroxylation is 2. The Morgan fingerprint density at radius 1 is 1.10 bits per heavy atom. The van der Waals surface area contributed by atoms with E-state index in [1.165, 1.54) is 30.4 Å². The lowest BCUT2D eigenvalue weighted by Gasteiger charge is -2.15. The molecule has 0 saturated heterocycles. The van der Waals surface area contributed by atoms with Gasteiger partial charge in [0.15, 0.2) is 0 Å². The Morgan fingerprint density at radius 2 is 1.76 bits per heavy atom. The lowest BCUT2D eigenvalue weighted by Crippen LogP contribution is -2.29. The fourth-order valence-corrected chi connectivity index (χ4v) is 2.49. The summed E-state index contributed by atoms with van der Waals surface area (Å²) in [6.45, 7) is 7.42. The van der Waals surface area contributed by atoms with Gasteiger partial charge in [0.25, 0.3) is 0 Å². The first-order valence-corrected chi connectivity index (χ1v) is 8.54. The molecule has 0 aliphatic heterocycles. The average Bonchev–Trinajstić information content (AvgIpc) is 2.53. The third-order valence-corrected chi connectivity index (χ3v) is 4.20. The van der Waals surface area contributed by atoms with Crippen LogP contribution in [0.2, 0.25) is 0 Å². The van der Waals surface area contributed by atoms with Crippen LogP contribution < -0.4 is 5.32 Å². The molecule has 0 saturated carbocycles. The maximum Gasteiger partial charge on any atom is 0.220 e. The summed E-state index contributed by atoms with van der Waals surface area (Å²) >= 11 is 0. The highest BCUT2D eigenvalue weighted by molar-refractivity contribution is 5.76. The number of hydrogen-bond donors (Lipinski definition) is 1. The molecule has 1 rings (SSSR count). The topological polar surface area (TPSA) is 29.1 Å². The van der Waals surface area contributed by atoms with Crippen molar-refractivity contribution in [3.63, 3.8) is 0 Å². The van der Waals surface area contributed by atoms with E-state index in [1.807, 2.05) is 0 Å². The minimum absolute atomic E-state index is 0.185. The van der Waals surface area contributed by atoms with Gasteiger partial charge in [-0.3, -0.25) is 4.79 Å². The van der Waals surface area contributed by atoms with Gasteiger partial charge in [-0.25, -0.2) is 0 Å². The quantitative estimate of drug-likeness (QED) is 0.674. The number of nitrogens with one attached hydrogen (secondary N) is 1. The number of carbonyl (C=O) groups is 1. The SMILES string of the molecule is CCCCC(CC)CNC(=O)CCc1ccc(CC)cc1. The van der Waals surface area contributed by atoms with Crippen LogP contribution in [0.15, 0.2) is 24.3 Å². The zero-order valence-electron chi connectivity index (χ0n) is 14.0. The minimum atomic E-state index is 0.185. The molecule has 1 atom stereocenters. The molecule has 1 aromatic carbocycles. The Hall–Kier alpha value is -1.31. The summed E-state index contributed by atoms with van der Waals surface area (Å²) in [6, 6.07) is 8.60. The predicted molar refractivity (Wildman–Crippen MR) is 90.5 cm³/mol. The van der Waals surface area contributed by atoms with Crippen molar-refractivity contribution in [3.05, 3.63) is 35.4 Å². The molecule has 1 N–H and O–H groups in total. The molecule has 0 aromatic heterocycles. The molecule has 0 aliphatic carbocycles. The first kappa shape index (κ1) is 17.7. The molecule has 2 nitrogen and oxygen atoms in total. The molecule has 21 heavy (non-hydrogen) atoms. The van der Waals surface area contributed by atoms with E-state index in [9.17, 15) is 4.79 Å². The van der Waals surface area contributed by atoms with Gasteiger partial charge in [-0.05, 0) is 36.3 Å². The van der Waals surface area contributed by atoms with E-state index in [4.69, 9.17) is 0 Å². The number of benzene rings is 1. The Balaban J connectivity index is 2.26. The molecule has 2 heteroatoms. The van der Waals surface area contributed by atoms with Crippen LogP contribution >= 0.6 is 0 Å². The maximum atomic E-state index is 11.9. The normalized spacial score (nSPS) is 12.1. The van der Waals surface area contributed by atoms with Crippen molar-refractivity contribution in [2.45, 2.75) is 65.7 Å². The highest BCUT2D eigenvalue weighted by Gasteiger charge is 2.08. The van der Waals surface area contributed by atoms with E-state index in [0.29, 0.717) is 12.3 Å². The Bertz CT molecular complexity index is 397. The molecule has 1 aromatic rings. The lowest BCUT2D eigenvalue weighted by atomic mass is 9.99. The molecule has 0 heterocycles. The van der Waals surface area contributed by atoms with Crippen LogP contribution in [0.5, 0.6) is 0 Å². The summed E-state index contributed by atoms with van der Waals surface area (Å²) in [7, 11) is 0. The van der Waals surface area contributed by atoms with E-state index >= 15 is 0 Å². The zero-order valence-corrected chi connectivity index (χ0v) is 14.0. The smallest absolute Gasteiger partial charge is 0.220 e. The molecule has 118 valence electrons. The van der Waals surface area contributed by atoms with Gasteiger partial charge in [0, 0.05) is 13.0 Å². The molecule has 0 radical (unpaired) electrons. The second-order valence-electron chi connectivity index (χ2n) is 5.89. The number of hydrogen-bond acceptors (Lipinski definition) is 1. The van der Waals surface area contributed by atoms with Gasteiger partial charge in [0.1, 0.15) is 0 Å². The molecule has 0 spiro atoms. The predicted octanol–water partition coefficient (Wildman–Crippen LogP) is 4.51. The Labute approximate surface area is 130 Å². The molecule has 0 aliphatic rings. The second kappa shape index (κ2) is 10.4. The van der Waals surface area contributed by atoms with Crippen molar-refractivity contribution < 1.29 is 4.79 Å². The van der Waals surface area contributed by atoms with Crippen LogP contribution in [-0.4, -0.2) is 12.5 Å². The first-order chi connectivity index (χ1) is 10.2. The van der Waals surface area contributed by atoms with Gasteiger partial charge in [0.2, 0.25) is 5.91 Å². The summed E-state index contributed by atoms with van der Waals surface area (Å²) < 4.78 is 0. The van der Waals surface area contributed by atoms with Gasteiger partial charge in [0.05, 0.1) is 0 Å². The average molecular weight is 289 g/mol. The fourth-order valence-electron chi connectivity index (χ4n) is 2.49. The number of rotatable bonds is 10. The zero-order chi connectivity index (χ0) is 15.5. The third-order valence-electron chi connectivity index (χ3n) is 4.20. The molecular weight excluding hydrogens is 258 g/mol. The standard InChI is InChI=1S/C19H31NO/c1-4-7-8-17(6-3)15-20-19(21)14-13-18-11-9-16(5-2)10-12-18/h9-12,17H,4-8,13-15H2,1-3H3,(H,20,21). The van der Waals surface area contributed by atoms with Crippen molar-refractivity contribution in [3.8, 4) is 0 Å². The number of carbonyl (C=O) groups excluding carboxylic acids is 1. The fraction of sp³-hybridized carbons (Fsp3) is 0.632. The van der Waals surface area contributed by atoms with Crippen molar-refractivity contribution >= 4 is 5.91 Å². The van der Waals surface area contributed by atoms with Crippen LogP contribution in [0, 0.1) is 5.92 Å². The maximum absolute atomic E-state index is 11.9. The monoisotopic (exact) mass is 289 g/mol. The van der Waals surface area contributed by atoms with Gasteiger partial charge in [-0.1, -0.05) is 64.3 Å².